The lowest BCUT2D eigenvalue weighted by Gasteiger charge is -2.12. The van der Waals surface area contributed by atoms with Crippen molar-refractivity contribution in [2.45, 2.75) is 13.5 Å². The van der Waals surface area contributed by atoms with Crippen LogP contribution in [0, 0.1) is 18.3 Å². The van der Waals surface area contributed by atoms with Crippen LogP contribution in [0.15, 0.2) is 42.5 Å². The van der Waals surface area contributed by atoms with Crippen molar-refractivity contribution in [3.8, 4) is 6.07 Å². The second kappa shape index (κ2) is 5.89. The molecule has 0 aromatic heterocycles. The van der Waals surface area contributed by atoms with Crippen LogP contribution in [-0.4, -0.2) is 11.1 Å². The molecule has 0 atom stereocenters. The Hall–Kier alpha value is -2.80. The van der Waals surface area contributed by atoms with Gasteiger partial charge in [-0.25, -0.2) is 4.79 Å². The number of hydrogen-bond acceptors (Lipinski definition) is 3. The molecule has 0 fully saturated rings. The molecular formula is C16H14N2O2. The number of nitrogens with one attached hydrogen (secondary N) is 1. The largest absolute Gasteiger partial charge is 0.478 e. The molecule has 0 heterocycles. The number of anilines is 1. The van der Waals surface area contributed by atoms with Gasteiger partial charge in [0, 0.05) is 12.2 Å². The first-order chi connectivity index (χ1) is 9.63. The fourth-order valence-electron chi connectivity index (χ4n) is 2.03. The van der Waals surface area contributed by atoms with Crippen molar-refractivity contribution >= 4 is 11.7 Å². The lowest BCUT2D eigenvalue weighted by molar-refractivity contribution is 0.0696. The molecule has 0 radical (unpaired) electrons. The van der Waals surface area contributed by atoms with E-state index in [2.05, 4.69) is 11.4 Å². The van der Waals surface area contributed by atoms with Crippen LogP contribution in [0.5, 0.6) is 0 Å². The van der Waals surface area contributed by atoms with E-state index in [1.165, 1.54) is 0 Å². The maximum Gasteiger partial charge on any atom is 0.336 e. The molecule has 0 saturated heterocycles. The number of carboxylic acids is 1. The van der Waals surface area contributed by atoms with Gasteiger partial charge in [0.25, 0.3) is 0 Å². The predicted molar refractivity (Wildman–Crippen MR) is 76.6 cm³/mol. The molecule has 2 rings (SSSR count). The molecule has 20 heavy (non-hydrogen) atoms. The third-order valence-electron chi connectivity index (χ3n) is 3.17. The molecule has 0 saturated carbocycles. The Bertz CT molecular complexity index is 687. The fourth-order valence-corrected chi connectivity index (χ4v) is 2.03. The van der Waals surface area contributed by atoms with Crippen LogP contribution in [-0.2, 0) is 6.54 Å². The van der Waals surface area contributed by atoms with Crippen LogP contribution in [0.3, 0.4) is 0 Å². The van der Waals surface area contributed by atoms with Gasteiger partial charge in [0.1, 0.15) is 0 Å². The summed E-state index contributed by atoms with van der Waals surface area (Å²) < 4.78 is 0. The summed E-state index contributed by atoms with van der Waals surface area (Å²) >= 11 is 0. The molecule has 2 N–H and O–H groups in total. The maximum atomic E-state index is 11.1. The Labute approximate surface area is 117 Å². The lowest BCUT2D eigenvalue weighted by Crippen LogP contribution is -2.06. The topological polar surface area (TPSA) is 73.1 Å². The highest BCUT2D eigenvalue weighted by Crippen LogP contribution is 2.20. The summed E-state index contributed by atoms with van der Waals surface area (Å²) in [4.78, 5) is 11.1. The molecule has 0 amide bonds. The molecule has 4 nitrogen and oxygen atoms in total. The molecule has 2 aromatic rings. The summed E-state index contributed by atoms with van der Waals surface area (Å²) in [5.41, 5.74) is 3.23. The highest BCUT2D eigenvalue weighted by atomic mass is 16.4. The highest BCUT2D eigenvalue weighted by molar-refractivity contribution is 5.91. The van der Waals surface area contributed by atoms with E-state index in [-0.39, 0.29) is 5.56 Å². The zero-order valence-electron chi connectivity index (χ0n) is 11.1. The summed E-state index contributed by atoms with van der Waals surface area (Å²) in [6.45, 7) is 2.25. The lowest BCUT2D eigenvalue weighted by atomic mass is 10.1. The average Bonchev–Trinajstić information content (AvgIpc) is 2.46. The van der Waals surface area contributed by atoms with Gasteiger partial charge in [-0.3, -0.25) is 0 Å². The van der Waals surface area contributed by atoms with Gasteiger partial charge in [-0.2, -0.15) is 5.26 Å². The number of hydrogen-bond donors (Lipinski definition) is 2. The highest BCUT2D eigenvalue weighted by Gasteiger charge is 2.10. The first-order valence-electron chi connectivity index (χ1n) is 6.18. The van der Waals surface area contributed by atoms with Crippen molar-refractivity contribution < 1.29 is 9.90 Å². The summed E-state index contributed by atoms with van der Waals surface area (Å²) in [5.74, 6) is -0.941. The number of nitriles is 1. The zero-order valence-corrected chi connectivity index (χ0v) is 11.1. The summed E-state index contributed by atoms with van der Waals surface area (Å²) in [6, 6.07) is 14.6. The van der Waals surface area contributed by atoms with Crippen molar-refractivity contribution in [3.05, 3.63) is 64.7 Å². The van der Waals surface area contributed by atoms with Gasteiger partial charge in [-0.15, -0.1) is 0 Å². The van der Waals surface area contributed by atoms with Crippen LogP contribution in [0.1, 0.15) is 27.0 Å². The minimum absolute atomic E-state index is 0.281. The van der Waals surface area contributed by atoms with E-state index in [0.29, 0.717) is 17.7 Å². The SMILES string of the molecule is Cc1c(NCc2ccccc2C#N)cccc1C(=O)O. The second-order valence-electron chi connectivity index (χ2n) is 4.41. The first-order valence-corrected chi connectivity index (χ1v) is 6.18. The molecule has 0 unspecified atom stereocenters. The van der Waals surface area contributed by atoms with Gasteiger partial charge in [-0.05, 0) is 36.2 Å². The molecule has 4 heteroatoms. The number of rotatable bonds is 4. The van der Waals surface area contributed by atoms with Crippen molar-refractivity contribution in [2.75, 3.05) is 5.32 Å². The van der Waals surface area contributed by atoms with Crippen molar-refractivity contribution in [1.29, 1.82) is 5.26 Å². The second-order valence-corrected chi connectivity index (χ2v) is 4.41. The summed E-state index contributed by atoms with van der Waals surface area (Å²) in [5, 5.41) is 21.3. The Morgan fingerprint density at radius 2 is 2.00 bits per heavy atom. The predicted octanol–water partition coefficient (Wildman–Crippen LogP) is 3.18. The molecule has 0 spiro atoms. The van der Waals surface area contributed by atoms with Crippen LogP contribution in [0.2, 0.25) is 0 Å². The molecular weight excluding hydrogens is 252 g/mol. The normalized spacial score (nSPS) is 9.80. The zero-order chi connectivity index (χ0) is 14.5. The first kappa shape index (κ1) is 13.6. The van der Waals surface area contributed by atoms with Crippen LogP contribution < -0.4 is 5.32 Å². The Kier molecular flexibility index (Phi) is 4.02. The Morgan fingerprint density at radius 1 is 1.25 bits per heavy atom. The molecule has 0 bridgehead atoms. The van der Waals surface area contributed by atoms with Gasteiger partial charge in [0.15, 0.2) is 0 Å². The van der Waals surface area contributed by atoms with Crippen molar-refractivity contribution in [1.82, 2.24) is 0 Å². The monoisotopic (exact) mass is 266 g/mol. The van der Waals surface area contributed by atoms with E-state index < -0.39 is 5.97 Å². The van der Waals surface area contributed by atoms with Crippen molar-refractivity contribution in [3.63, 3.8) is 0 Å². The van der Waals surface area contributed by atoms with Crippen LogP contribution in [0.25, 0.3) is 0 Å². The number of carbonyl (C=O) groups is 1. The number of nitrogens with zero attached hydrogens (tertiary/aromatic N) is 1. The number of aromatic carboxylic acids is 1. The van der Waals surface area contributed by atoms with E-state index >= 15 is 0 Å². The minimum atomic E-state index is -0.941. The van der Waals surface area contributed by atoms with E-state index in [9.17, 15) is 4.79 Å². The maximum absolute atomic E-state index is 11.1. The standard InChI is InChI=1S/C16H14N2O2/c1-11-14(16(19)20)7-4-8-15(11)18-10-13-6-3-2-5-12(13)9-17/h2-8,18H,10H2,1H3,(H,19,20). The third-order valence-corrected chi connectivity index (χ3v) is 3.17. The molecule has 0 aliphatic rings. The number of carboxylic acid groups (broad SMARTS) is 1. The van der Waals surface area contributed by atoms with E-state index in [1.807, 2.05) is 24.3 Å². The van der Waals surface area contributed by atoms with Gasteiger partial charge in [-0.1, -0.05) is 24.3 Å². The molecule has 0 aliphatic carbocycles. The average molecular weight is 266 g/mol. The van der Waals surface area contributed by atoms with E-state index in [1.54, 1.807) is 25.1 Å². The van der Waals surface area contributed by atoms with E-state index in [4.69, 9.17) is 10.4 Å². The summed E-state index contributed by atoms with van der Waals surface area (Å²) in [7, 11) is 0. The quantitative estimate of drug-likeness (QED) is 0.891. The van der Waals surface area contributed by atoms with Crippen LogP contribution in [0.4, 0.5) is 5.69 Å². The summed E-state index contributed by atoms with van der Waals surface area (Å²) in [6.07, 6.45) is 0. The van der Waals surface area contributed by atoms with Gasteiger partial charge >= 0.3 is 5.97 Å². The van der Waals surface area contributed by atoms with E-state index in [0.717, 1.165) is 11.3 Å². The van der Waals surface area contributed by atoms with Gasteiger partial charge < -0.3 is 10.4 Å². The molecule has 2 aromatic carbocycles. The Balaban J connectivity index is 2.22. The van der Waals surface area contributed by atoms with Gasteiger partial charge in [0.05, 0.1) is 17.2 Å². The minimum Gasteiger partial charge on any atom is -0.478 e. The van der Waals surface area contributed by atoms with Crippen LogP contribution >= 0.6 is 0 Å². The fraction of sp³-hybridized carbons (Fsp3) is 0.125. The molecule has 100 valence electrons. The van der Waals surface area contributed by atoms with Gasteiger partial charge in [0.2, 0.25) is 0 Å². The third kappa shape index (κ3) is 2.78. The molecule has 0 aliphatic heterocycles. The smallest absolute Gasteiger partial charge is 0.336 e. The Morgan fingerprint density at radius 3 is 2.70 bits per heavy atom. The number of benzene rings is 2. The van der Waals surface area contributed by atoms with Crippen molar-refractivity contribution in [2.24, 2.45) is 0 Å².